The van der Waals surface area contributed by atoms with Crippen LogP contribution in [0.2, 0.25) is 0 Å². The number of carbonyl (C=O) groups is 1. The molecule has 0 bridgehead atoms. The van der Waals surface area contributed by atoms with E-state index in [0.29, 0.717) is 5.75 Å². The summed E-state index contributed by atoms with van der Waals surface area (Å²) in [5.74, 6) is 0.152. The van der Waals surface area contributed by atoms with Gasteiger partial charge in [0.2, 0.25) is 0 Å². The molecule has 0 radical (unpaired) electrons. The predicted octanol–water partition coefficient (Wildman–Crippen LogP) is 6.09. The van der Waals surface area contributed by atoms with Crippen molar-refractivity contribution in [3.8, 4) is 10.4 Å². The van der Waals surface area contributed by atoms with Gasteiger partial charge in [-0.1, -0.05) is 41.6 Å². The van der Waals surface area contributed by atoms with Crippen LogP contribution < -0.4 is 0 Å². The van der Waals surface area contributed by atoms with Crippen LogP contribution in [0, 0.1) is 19.7 Å². The highest BCUT2D eigenvalue weighted by molar-refractivity contribution is 8.00. The van der Waals surface area contributed by atoms with E-state index in [9.17, 15) is 9.18 Å². The summed E-state index contributed by atoms with van der Waals surface area (Å²) in [7, 11) is 0. The molecule has 3 nitrogen and oxygen atoms in total. The van der Waals surface area contributed by atoms with E-state index in [1.54, 1.807) is 23.5 Å². The number of hydrogen-bond donors (Lipinski definition) is 0. The first-order valence-electron chi connectivity index (χ1n) is 8.75. The first kappa shape index (κ1) is 18.8. The second-order valence-corrected chi connectivity index (χ2v) is 8.56. The molecule has 0 spiro atoms. The smallest absolute Gasteiger partial charge is 0.173 e. The lowest BCUT2D eigenvalue weighted by Gasteiger charge is -2.06. The van der Waals surface area contributed by atoms with Gasteiger partial charge in [0.1, 0.15) is 17.2 Å². The Hall–Kier alpha value is -2.57. The topological polar surface area (TPSA) is 42.9 Å². The lowest BCUT2D eigenvalue weighted by Crippen LogP contribution is -2.05. The number of aryl methyl sites for hydroxylation is 2. The second-order valence-electron chi connectivity index (χ2n) is 6.54. The van der Waals surface area contributed by atoms with E-state index < -0.39 is 0 Å². The molecular formula is C22H17FN2OS2. The summed E-state index contributed by atoms with van der Waals surface area (Å²) >= 11 is 2.98. The van der Waals surface area contributed by atoms with Gasteiger partial charge in [-0.15, -0.1) is 11.3 Å². The molecule has 4 rings (SSSR count). The summed E-state index contributed by atoms with van der Waals surface area (Å²) < 4.78 is 14.1. The van der Waals surface area contributed by atoms with E-state index in [0.717, 1.165) is 42.4 Å². The largest absolute Gasteiger partial charge is 0.293 e. The Kier molecular flexibility index (Phi) is 5.24. The van der Waals surface area contributed by atoms with Crippen molar-refractivity contribution < 1.29 is 9.18 Å². The van der Waals surface area contributed by atoms with Crippen LogP contribution in [0.1, 0.15) is 21.5 Å². The number of halogens is 1. The Morgan fingerprint density at radius 2 is 1.86 bits per heavy atom. The third kappa shape index (κ3) is 3.84. The normalized spacial score (nSPS) is 11.1. The van der Waals surface area contributed by atoms with Crippen molar-refractivity contribution >= 4 is 39.1 Å². The fraction of sp³-hybridized carbons (Fsp3) is 0.136. The van der Waals surface area contributed by atoms with Crippen LogP contribution in [0.5, 0.6) is 0 Å². The van der Waals surface area contributed by atoms with E-state index >= 15 is 0 Å². The quantitative estimate of drug-likeness (QED) is 0.228. The maximum absolute atomic E-state index is 13.2. The predicted molar refractivity (Wildman–Crippen MR) is 114 cm³/mol. The molecule has 2 aromatic carbocycles. The maximum atomic E-state index is 13.2. The molecule has 0 saturated heterocycles. The van der Waals surface area contributed by atoms with Crippen LogP contribution in [-0.2, 0) is 0 Å². The number of fused-ring (bicyclic) bond motifs is 1. The number of rotatable bonds is 5. The average molecular weight is 409 g/mol. The summed E-state index contributed by atoms with van der Waals surface area (Å²) in [5, 5.41) is 0.794. The molecule has 0 N–H and O–H groups in total. The molecule has 140 valence electrons. The fourth-order valence-corrected chi connectivity index (χ4v) is 5.02. The van der Waals surface area contributed by atoms with E-state index in [1.807, 2.05) is 38.1 Å². The highest BCUT2D eigenvalue weighted by atomic mass is 32.2. The summed E-state index contributed by atoms with van der Waals surface area (Å²) in [6.45, 7) is 3.94. The number of ketones is 1. The highest BCUT2D eigenvalue weighted by Crippen LogP contribution is 2.37. The zero-order chi connectivity index (χ0) is 19.7. The molecule has 0 saturated carbocycles. The monoisotopic (exact) mass is 408 g/mol. The molecular weight excluding hydrogens is 391 g/mol. The number of aromatic nitrogens is 2. The molecule has 0 fully saturated rings. The Labute approximate surface area is 170 Å². The van der Waals surface area contributed by atoms with Crippen LogP contribution in [0.3, 0.4) is 0 Å². The number of hydrogen-bond acceptors (Lipinski definition) is 5. The van der Waals surface area contributed by atoms with Crippen LogP contribution >= 0.6 is 23.1 Å². The molecule has 28 heavy (non-hydrogen) atoms. The van der Waals surface area contributed by atoms with Gasteiger partial charge in [-0.2, -0.15) is 0 Å². The lowest BCUT2D eigenvalue weighted by atomic mass is 10.0. The van der Waals surface area contributed by atoms with Gasteiger partial charge >= 0.3 is 0 Å². The summed E-state index contributed by atoms with van der Waals surface area (Å²) in [5.41, 5.74) is 4.59. The summed E-state index contributed by atoms with van der Waals surface area (Å²) in [6.07, 6.45) is 1.52. The van der Waals surface area contributed by atoms with Crippen LogP contribution in [-0.4, -0.2) is 21.5 Å². The van der Waals surface area contributed by atoms with Crippen molar-refractivity contribution in [2.45, 2.75) is 18.9 Å². The van der Waals surface area contributed by atoms with Crippen molar-refractivity contribution in [3.05, 3.63) is 77.4 Å². The molecule has 2 aromatic heterocycles. The molecule has 0 aliphatic rings. The summed E-state index contributed by atoms with van der Waals surface area (Å²) in [4.78, 5) is 22.4. The number of benzene rings is 2. The molecule has 6 heteroatoms. The van der Waals surface area contributed by atoms with Gasteiger partial charge in [-0.05, 0) is 49.2 Å². The van der Waals surface area contributed by atoms with E-state index in [2.05, 4.69) is 9.97 Å². The number of nitrogens with zero attached hydrogens (tertiary/aromatic N) is 2. The summed E-state index contributed by atoms with van der Waals surface area (Å²) in [6, 6.07) is 14.3. The third-order valence-electron chi connectivity index (χ3n) is 4.44. The van der Waals surface area contributed by atoms with Gasteiger partial charge in [0.25, 0.3) is 0 Å². The molecule has 4 aromatic rings. The van der Waals surface area contributed by atoms with Gasteiger partial charge in [0.05, 0.1) is 16.0 Å². The van der Waals surface area contributed by atoms with Gasteiger partial charge in [-0.3, -0.25) is 4.79 Å². The number of thioether (sulfide) groups is 1. The lowest BCUT2D eigenvalue weighted by molar-refractivity contribution is 0.102. The van der Waals surface area contributed by atoms with Gasteiger partial charge < -0.3 is 0 Å². The third-order valence-corrected chi connectivity index (χ3v) is 6.74. The molecule has 0 aliphatic carbocycles. The second kappa shape index (κ2) is 7.81. The van der Waals surface area contributed by atoms with Gasteiger partial charge in [0.15, 0.2) is 5.78 Å². The van der Waals surface area contributed by atoms with Crippen LogP contribution in [0.4, 0.5) is 4.39 Å². The zero-order valence-corrected chi connectivity index (χ0v) is 17.0. The number of Topliss-reactive ketones (excluding diaryl/α,β-unsaturated/α-hetero) is 1. The Balaban J connectivity index is 1.59. The molecule has 0 amide bonds. The fourth-order valence-electron chi connectivity index (χ4n) is 2.94. The zero-order valence-electron chi connectivity index (χ0n) is 15.4. The van der Waals surface area contributed by atoms with Crippen LogP contribution in [0.25, 0.3) is 20.7 Å². The maximum Gasteiger partial charge on any atom is 0.173 e. The molecule has 0 atom stereocenters. The minimum absolute atomic E-state index is 0.0910. The standard InChI is InChI=1S/C22H17FN2OS2/c1-13-3-4-14(2)17(9-13)19(26)11-27-22-21-18(24-12-25-22)10-20(28-21)15-5-7-16(23)8-6-15/h3-10,12H,11H2,1-2H3. The highest BCUT2D eigenvalue weighted by Gasteiger charge is 2.14. The Morgan fingerprint density at radius 3 is 2.64 bits per heavy atom. The minimum Gasteiger partial charge on any atom is -0.293 e. The molecule has 0 unspecified atom stereocenters. The molecule has 2 heterocycles. The van der Waals surface area contributed by atoms with E-state index in [4.69, 9.17) is 0 Å². The average Bonchev–Trinajstić information content (AvgIpc) is 3.13. The van der Waals surface area contributed by atoms with E-state index in [-0.39, 0.29) is 11.6 Å². The number of carbonyl (C=O) groups excluding carboxylic acids is 1. The molecule has 0 aliphatic heterocycles. The first-order chi connectivity index (χ1) is 13.5. The number of thiophene rings is 1. The SMILES string of the molecule is Cc1ccc(C)c(C(=O)CSc2ncnc3cc(-c4ccc(F)cc4)sc23)c1. The van der Waals surface area contributed by atoms with Gasteiger partial charge in [0, 0.05) is 10.4 Å². The van der Waals surface area contributed by atoms with Crippen molar-refractivity contribution in [1.82, 2.24) is 9.97 Å². The van der Waals surface area contributed by atoms with Crippen molar-refractivity contribution in [1.29, 1.82) is 0 Å². The van der Waals surface area contributed by atoms with Crippen molar-refractivity contribution in [2.24, 2.45) is 0 Å². The van der Waals surface area contributed by atoms with Crippen LogP contribution in [0.15, 0.2) is 59.9 Å². The minimum atomic E-state index is -0.258. The Morgan fingerprint density at radius 1 is 1.07 bits per heavy atom. The van der Waals surface area contributed by atoms with Crippen molar-refractivity contribution in [2.75, 3.05) is 5.75 Å². The van der Waals surface area contributed by atoms with Gasteiger partial charge in [-0.25, -0.2) is 14.4 Å². The first-order valence-corrected chi connectivity index (χ1v) is 10.6. The van der Waals surface area contributed by atoms with E-state index in [1.165, 1.54) is 30.2 Å². The van der Waals surface area contributed by atoms with Crippen molar-refractivity contribution in [3.63, 3.8) is 0 Å². The Bertz CT molecular complexity index is 1170.